The van der Waals surface area contributed by atoms with Crippen LogP contribution >= 0.6 is 0 Å². The highest BCUT2D eigenvalue weighted by Gasteiger charge is 2.18. The Morgan fingerprint density at radius 1 is 0.882 bits per heavy atom. The first-order valence-corrected chi connectivity index (χ1v) is 11.8. The van der Waals surface area contributed by atoms with Crippen LogP contribution in [0.15, 0.2) is 94.0 Å². The molecular formula is C25H19N5O3S. The van der Waals surface area contributed by atoms with Gasteiger partial charge >= 0.3 is 0 Å². The van der Waals surface area contributed by atoms with Crippen molar-refractivity contribution in [1.82, 2.24) is 9.97 Å². The van der Waals surface area contributed by atoms with E-state index in [0.717, 1.165) is 22.4 Å². The van der Waals surface area contributed by atoms with Crippen molar-refractivity contribution in [2.75, 3.05) is 5.73 Å². The zero-order valence-electron chi connectivity index (χ0n) is 17.8. The number of H-pyrrole nitrogens is 1. The normalized spacial score (nSPS) is 12.4. The van der Waals surface area contributed by atoms with E-state index >= 15 is 0 Å². The molecular weight excluding hydrogens is 450 g/mol. The average molecular weight is 470 g/mol. The Bertz CT molecular complexity index is 1650. The quantitative estimate of drug-likeness (QED) is 0.162. The van der Waals surface area contributed by atoms with Crippen molar-refractivity contribution >= 4 is 61.1 Å². The van der Waals surface area contributed by atoms with Crippen molar-refractivity contribution in [2.24, 2.45) is 10.2 Å². The third-order valence-corrected chi connectivity index (χ3v) is 6.21. The predicted molar refractivity (Wildman–Crippen MR) is 134 cm³/mol. The SMILES string of the molecule is Nc1c(N=Nc2ccc(C=Cc3nc4ccccc4[nH]3)cc2)cc(S(=O)(=O)O)c2ccccc12. The number of aromatic amines is 1. The molecule has 8 nitrogen and oxygen atoms in total. The van der Waals surface area contributed by atoms with Gasteiger partial charge in [-0.25, -0.2) is 4.98 Å². The lowest BCUT2D eigenvalue weighted by Crippen LogP contribution is -2.01. The molecule has 0 spiro atoms. The number of nitrogen functional groups attached to an aromatic ring is 1. The van der Waals surface area contributed by atoms with Crippen LogP contribution in [0.4, 0.5) is 17.1 Å². The molecule has 9 heteroatoms. The molecule has 0 saturated carbocycles. The fraction of sp³-hybridized carbons (Fsp3) is 0. The number of azo groups is 1. The summed E-state index contributed by atoms with van der Waals surface area (Å²) in [7, 11) is -4.47. The number of hydrogen-bond acceptors (Lipinski definition) is 6. The van der Waals surface area contributed by atoms with Crippen molar-refractivity contribution in [3.05, 3.63) is 90.3 Å². The average Bonchev–Trinajstić information content (AvgIpc) is 3.25. The highest BCUT2D eigenvalue weighted by atomic mass is 32.2. The molecule has 0 aliphatic heterocycles. The Hall–Kier alpha value is -4.34. The summed E-state index contributed by atoms with van der Waals surface area (Å²) < 4.78 is 33.4. The van der Waals surface area contributed by atoms with Gasteiger partial charge in [-0.3, -0.25) is 4.55 Å². The van der Waals surface area contributed by atoms with E-state index in [2.05, 4.69) is 20.2 Å². The molecule has 0 unspecified atom stereocenters. The lowest BCUT2D eigenvalue weighted by molar-refractivity contribution is 0.484. The number of nitrogens with two attached hydrogens (primary N) is 1. The van der Waals surface area contributed by atoms with Gasteiger partial charge in [0.05, 0.1) is 22.4 Å². The summed E-state index contributed by atoms with van der Waals surface area (Å²) in [5.74, 6) is 0.756. The van der Waals surface area contributed by atoms with Gasteiger partial charge in [0.2, 0.25) is 0 Å². The van der Waals surface area contributed by atoms with Gasteiger partial charge in [0, 0.05) is 10.8 Å². The third kappa shape index (κ3) is 4.29. The number of fused-ring (bicyclic) bond motifs is 2. The van der Waals surface area contributed by atoms with Crippen LogP contribution in [0, 0.1) is 0 Å². The zero-order chi connectivity index (χ0) is 23.7. The number of nitrogens with zero attached hydrogens (tertiary/aromatic N) is 3. The van der Waals surface area contributed by atoms with Gasteiger partial charge in [-0.15, -0.1) is 5.11 Å². The van der Waals surface area contributed by atoms with E-state index < -0.39 is 10.1 Å². The Morgan fingerprint density at radius 2 is 1.59 bits per heavy atom. The molecule has 0 bridgehead atoms. The maximum atomic E-state index is 11.9. The van der Waals surface area contributed by atoms with Gasteiger partial charge in [-0.05, 0) is 42.0 Å². The van der Waals surface area contributed by atoms with Crippen molar-refractivity contribution in [3.8, 4) is 0 Å². The molecule has 0 aliphatic rings. The first kappa shape index (κ1) is 21.5. The summed E-state index contributed by atoms with van der Waals surface area (Å²) in [4.78, 5) is 7.49. The number of imidazole rings is 1. The molecule has 1 aromatic heterocycles. The van der Waals surface area contributed by atoms with Crippen LogP contribution in [-0.4, -0.2) is 22.9 Å². The van der Waals surface area contributed by atoms with E-state index in [1.807, 2.05) is 48.6 Å². The Morgan fingerprint density at radius 3 is 2.32 bits per heavy atom. The topological polar surface area (TPSA) is 134 Å². The molecule has 0 fully saturated rings. The fourth-order valence-corrected chi connectivity index (χ4v) is 4.35. The molecule has 0 amide bonds. The summed E-state index contributed by atoms with van der Waals surface area (Å²) in [6.45, 7) is 0. The van der Waals surface area contributed by atoms with E-state index in [0.29, 0.717) is 16.5 Å². The Labute approximate surface area is 195 Å². The van der Waals surface area contributed by atoms with E-state index in [1.165, 1.54) is 6.07 Å². The van der Waals surface area contributed by atoms with Crippen LogP contribution in [0.1, 0.15) is 11.4 Å². The second-order valence-electron chi connectivity index (χ2n) is 7.59. The standard InChI is InChI=1S/C25H19N5O3S/c26-25-19-6-2-1-5-18(19)23(34(31,32)33)15-22(25)30-29-17-12-9-16(10-13-17)11-14-24-27-20-7-3-4-8-21(20)28-24/h1-15H,26H2,(H,27,28)(H,31,32,33). The minimum atomic E-state index is -4.47. The first-order chi connectivity index (χ1) is 16.4. The summed E-state index contributed by atoms with van der Waals surface area (Å²) >= 11 is 0. The van der Waals surface area contributed by atoms with Crippen molar-refractivity contribution < 1.29 is 13.0 Å². The maximum Gasteiger partial charge on any atom is 0.295 e. The molecule has 4 N–H and O–H groups in total. The highest BCUT2D eigenvalue weighted by molar-refractivity contribution is 7.86. The lowest BCUT2D eigenvalue weighted by Gasteiger charge is -2.09. The minimum absolute atomic E-state index is 0.153. The number of anilines is 1. The number of aromatic nitrogens is 2. The van der Waals surface area contributed by atoms with Crippen molar-refractivity contribution in [2.45, 2.75) is 4.90 Å². The first-order valence-electron chi connectivity index (χ1n) is 10.3. The predicted octanol–water partition coefficient (Wildman–Crippen LogP) is 6.13. The highest BCUT2D eigenvalue weighted by Crippen LogP contribution is 2.36. The molecule has 0 aliphatic carbocycles. The molecule has 5 rings (SSSR count). The molecule has 34 heavy (non-hydrogen) atoms. The Balaban J connectivity index is 1.40. The van der Waals surface area contributed by atoms with Gasteiger partial charge < -0.3 is 10.7 Å². The zero-order valence-corrected chi connectivity index (χ0v) is 18.6. The molecule has 1 heterocycles. The summed E-state index contributed by atoms with van der Waals surface area (Å²) in [6, 6.07) is 23.0. The summed E-state index contributed by atoms with van der Waals surface area (Å²) in [6.07, 6.45) is 3.82. The molecule has 4 aromatic carbocycles. The van der Waals surface area contributed by atoms with Gasteiger partial charge in [-0.1, -0.05) is 54.6 Å². The molecule has 0 radical (unpaired) electrons. The smallest absolute Gasteiger partial charge is 0.295 e. The number of hydrogen-bond donors (Lipinski definition) is 3. The number of para-hydroxylation sites is 2. The van der Waals surface area contributed by atoms with Gasteiger partial charge in [0.25, 0.3) is 10.1 Å². The fourth-order valence-electron chi connectivity index (χ4n) is 3.64. The lowest BCUT2D eigenvalue weighted by atomic mass is 10.1. The molecule has 0 saturated heterocycles. The van der Waals surface area contributed by atoms with Gasteiger partial charge in [0.1, 0.15) is 16.4 Å². The maximum absolute atomic E-state index is 11.9. The van der Waals surface area contributed by atoms with E-state index in [-0.39, 0.29) is 16.3 Å². The van der Waals surface area contributed by atoms with Crippen LogP contribution in [-0.2, 0) is 10.1 Å². The largest absolute Gasteiger partial charge is 0.396 e. The number of rotatable bonds is 5. The second-order valence-corrected chi connectivity index (χ2v) is 8.98. The molecule has 168 valence electrons. The van der Waals surface area contributed by atoms with Crippen LogP contribution in [0.5, 0.6) is 0 Å². The second kappa shape index (κ2) is 8.54. The minimum Gasteiger partial charge on any atom is -0.396 e. The number of nitrogens with one attached hydrogen (secondary N) is 1. The summed E-state index contributed by atoms with van der Waals surface area (Å²) in [5.41, 5.74) is 10.0. The van der Waals surface area contributed by atoms with Crippen LogP contribution in [0.25, 0.3) is 34.0 Å². The monoisotopic (exact) mass is 469 g/mol. The Kier molecular flexibility index (Phi) is 5.40. The van der Waals surface area contributed by atoms with Crippen LogP contribution in [0.3, 0.4) is 0 Å². The molecule has 5 aromatic rings. The van der Waals surface area contributed by atoms with Gasteiger partial charge in [-0.2, -0.15) is 13.5 Å². The summed E-state index contributed by atoms with van der Waals surface area (Å²) in [5, 5.41) is 9.11. The van der Waals surface area contributed by atoms with Crippen molar-refractivity contribution in [3.63, 3.8) is 0 Å². The van der Waals surface area contributed by atoms with E-state index in [4.69, 9.17) is 5.73 Å². The van der Waals surface area contributed by atoms with Gasteiger partial charge in [0.15, 0.2) is 0 Å². The molecule has 0 atom stereocenters. The number of benzene rings is 4. The van der Waals surface area contributed by atoms with E-state index in [1.54, 1.807) is 36.4 Å². The third-order valence-electron chi connectivity index (χ3n) is 5.31. The van der Waals surface area contributed by atoms with Crippen molar-refractivity contribution in [1.29, 1.82) is 0 Å². The van der Waals surface area contributed by atoms with Crippen LogP contribution in [0.2, 0.25) is 0 Å². The van der Waals surface area contributed by atoms with E-state index in [9.17, 15) is 13.0 Å². The van der Waals surface area contributed by atoms with Crippen LogP contribution < -0.4 is 5.73 Å².